The molecule has 2 heterocycles. The number of H-pyrrole nitrogens is 1. The molecule has 2 rings (SSSR count). The van der Waals surface area contributed by atoms with Crippen LogP contribution in [-0.4, -0.2) is 15.2 Å². The van der Waals surface area contributed by atoms with E-state index in [4.69, 9.17) is 0 Å². The first-order chi connectivity index (χ1) is 7.90. The highest BCUT2D eigenvalue weighted by Crippen LogP contribution is 2.17. The van der Waals surface area contributed by atoms with Gasteiger partial charge < -0.3 is 0 Å². The monoisotopic (exact) mass is 215 g/mol. The molecule has 0 fully saturated rings. The number of aryl methyl sites for hydroxylation is 1. The van der Waals surface area contributed by atoms with E-state index in [1.165, 1.54) is 25.0 Å². The fourth-order valence-electron chi connectivity index (χ4n) is 1.73. The fourth-order valence-corrected chi connectivity index (χ4v) is 1.73. The normalized spacial score (nSPS) is 10.6. The topological polar surface area (TPSA) is 41.6 Å². The van der Waals surface area contributed by atoms with Crippen molar-refractivity contribution in [3.8, 4) is 11.3 Å². The Morgan fingerprint density at radius 2 is 2.00 bits per heavy atom. The van der Waals surface area contributed by atoms with E-state index in [9.17, 15) is 0 Å². The van der Waals surface area contributed by atoms with Gasteiger partial charge in [0.15, 0.2) is 0 Å². The zero-order valence-electron chi connectivity index (χ0n) is 9.61. The van der Waals surface area contributed by atoms with Crippen LogP contribution in [0.15, 0.2) is 30.6 Å². The van der Waals surface area contributed by atoms with Crippen molar-refractivity contribution < 1.29 is 0 Å². The van der Waals surface area contributed by atoms with Crippen LogP contribution in [0, 0.1) is 0 Å². The van der Waals surface area contributed by atoms with Crippen molar-refractivity contribution in [2.24, 2.45) is 0 Å². The molecule has 0 saturated heterocycles. The van der Waals surface area contributed by atoms with Crippen LogP contribution in [0.3, 0.4) is 0 Å². The van der Waals surface area contributed by atoms with Crippen LogP contribution in [-0.2, 0) is 6.42 Å². The molecule has 0 amide bonds. The largest absolute Gasteiger partial charge is 0.282 e. The maximum atomic E-state index is 4.31. The van der Waals surface area contributed by atoms with E-state index in [1.54, 1.807) is 12.4 Å². The third kappa shape index (κ3) is 2.69. The molecule has 0 spiro atoms. The van der Waals surface area contributed by atoms with Crippen molar-refractivity contribution >= 4 is 0 Å². The average molecular weight is 215 g/mol. The van der Waals surface area contributed by atoms with Crippen LogP contribution in [0.25, 0.3) is 11.3 Å². The lowest BCUT2D eigenvalue weighted by atomic mass is 10.1. The minimum absolute atomic E-state index is 1.01. The van der Waals surface area contributed by atoms with Gasteiger partial charge in [0.05, 0.1) is 5.69 Å². The van der Waals surface area contributed by atoms with Gasteiger partial charge in [-0.15, -0.1) is 0 Å². The van der Waals surface area contributed by atoms with E-state index in [1.807, 2.05) is 12.1 Å². The number of unbranched alkanes of at least 4 members (excludes halogenated alkanes) is 2. The molecule has 0 bridgehead atoms. The quantitative estimate of drug-likeness (QED) is 0.778. The van der Waals surface area contributed by atoms with E-state index in [-0.39, 0.29) is 0 Å². The van der Waals surface area contributed by atoms with Crippen LogP contribution in [0.5, 0.6) is 0 Å². The molecule has 0 saturated carbocycles. The van der Waals surface area contributed by atoms with Crippen LogP contribution >= 0.6 is 0 Å². The summed E-state index contributed by atoms with van der Waals surface area (Å²) in [6.07, 6.45) is 8.44. The minimum Gasteiger partial charge on any atom is -0.282 e. The van der Waals surface area contributed by atoms with Gasteiger partial charge in [-0.25, -0.2) is 0 Å². The fraction of sp³-hybridized carbons (Fsp3) is 0.385. The van der Waals surface area contributed by atoms with E-state index in [0.717, 1.165) is 17.7 Å². The summed E-state index contributed by atoms with van der Waals surface area (Å²) in [6.45, 7) is 2.22. The molecule has 0 aliphatic rings. The van der Waals surface area contributed by atoms with Gasteiger partial charge in [0.1, 0.15) is 0 Å². The molecule has 0 unspecified atom stereocenters. The van der Waals surface area contributed by atoms with Crippen molar-refractivity contribution in [3.05, 3.63) is 36.3 Å². The van der Waals surface area contributed by atoms with E-state index < -0.39 is 0 Å². The van der Waals surface area contributed by atoms with Gasteiger partial charge in [-0.2, -0.15) is 5.10 Å². The smallest absolute Gasteiger partial charge is 0.0924 e. The summed E-state index contributed by atoms with van der Waals surface area (Å²) in [7, 11) is 0. The first-order valence-corrected chi connectivity index (χ1v) is 5.85. The standard InChI is InChI=1S/C13H17N3/c1-2-3-4-5-12-10-13(16-15-12)11-6-8-14-9-7-11/h6-10H,2-5H2,1H3,(H,15,16). The predicted octanol–water partition coefficient (Wildman–Crippen LogP) is 3.20. The summed E-state index contributed by atoms with van der Waals surface area (Å²) in [5.74, 6) is 0. The lowest BCUT2D eigenvalue weighted by molar-refractivity contribution is 0.705. The van der Waals surface area contributed by atoms with Crippen molar-refractivity contribution in [2.75, 3.05) is 0 Å². The second kappa shape index (κ2) is 5.45. The lowest BCUT2D eigenvalue weighted by Gasteiger charge is -1.94. The molecule has 0 radical (unpaired) electrons. The van der Waals surface area contributed by atoms with E-state index in [2.05, 4.69) is 28.2 Å². The molecule has 3 nitrogen and oxygen atoms in total. The number of nitrogens with zero attached hydrogens (tertiary/aromatic N) is 2. The Morgan fingerprint density at radius 1 is 1.19 bits per heavy atom. The van der Waals surface area contributed by atoms with Crippen molar-refractivity contribution in [2.45, 2.75) is 32.6 Å². The first kappa shape index (κ1) is 10.9. The Hall–Kier alpha value is -1.64. The Bertz CT molecular complexity index is 420. The van der Waals surface area contributed by atoms with Crippen LogP contribution in [0.1, 0.15) is 31.9 Å². The molecule has 0 aromatic carbocycles. The van der Waals surface area contributed by atoms with Gasteiger partial charge in [-0.05, 0) is 31.0 Å². The summed E-state index contributed by atoms with van der Waals surface area (Å²) in [5, 5.41) is 7.41. The molecule has 2 aromatic rings. The zero-order valence-corrected chi connectivity index (χ0v) is 9.61. The number of nitrogens with one attached hydrogen (secondary N) is 1. The molecule has 84 valence electrons. The molecule has 3 heteroatoms. The van der Waals surface area contributed by atoms with Gasteiger partial charge in [0.2, 0.25) is 0 Å². The van der Waals surface area contributed by atoms with Gasteiger partial charge in [0.25, 0.3) is 0 Å². The highest BCUT2D eigenvalue weighted by Gasteiger charge is 2.02. The Labute approximate surface area is 95.9 Å². The van der Waals surface area contributed by atoms with Gasteiger partial charge in [0, 0.05) is 23.7 Å². The second-order valence-electron chi connectivity index (χ2n) is 3.97. The Balaban J connectivity index is 2.02. The van der Waals surface area contributed by atoms with Gasteiger partial charge in [-0.3, -0.25) is 10.1 Å². The maximum absolute atomic E-state index is 4.31. The maximum Gasteiger partial charge on any atom is 0.0924 e. The number of hydrogen-bond acceptors (Lipinski definition) is 2. The van der Waals surface area contributed by atoms with Crippen molar-refractivity contribution in [1.29, 1.82) is 0 Å². The number of pyridine rings is 1. The summed E-state index contributed by atoms with van der Waals surface area (Å²) >= 11 is 0. The Morgan fingerprint density at radius 3 is 2.75 bits per heavy atom. The molecular formula is C13H17N3. The summed E-state index contributed by atoms with van der Waals surface area (Å²) in [6, 6.07) is 6.09. The lowest BCUT2D eigenvalue weighted by Crippen LogP contribution is -1.84. The van der Waals surface area contributed by atoms with Crippen molar-refractivity contribution in [3.63, 3.8) is 0 Å². The van der Waals surface area contributed by atoms with Gasteiger partial charge in [-0.1, -0.05) is 19.8 Å². The number of aromatic nitrogens is 3. The van der Waals surface area contributed by atoms with Crippen molar-refractivity contribution in [1.82, 2.24) is 15.2 Å². The number of rotatable bonds is 5. The highest BCUT2D eigenvalue weighted by molar-refractivity contribution is 5.58. The number of hydrogen-bond donors (Lipinski definition) is 1. The summed E-state index contributed by atoms with van der Waals surface area (Å²) < 4.78 is 0. The van der Waals surface area contributed by atoms with Crippen LogP contribution in [0.4, 0.5) is 0 Å². The van der Waals surface area contributed by atoms with E-state index in [0.29, 0.717) is 0 Å². The SMILES string of the molecule is CCCCCc1cc(-c2ccncc2)n[nH]1. The minimum atomic E-state index is 1.01. The summed E-state index contributed by atoms with van der Waals surface area (Å²) in [4.78, 5) is 4.00. The average Bonchev–Trinajstić information content (AvgIpc) is 2.79. The van der Waals surface area contributed by atoms with E-state index >= 15 is 0 Å². The second-order valence-corrected chi connectivity index (χ2v) is 3.97. The molecule has 2 aromatic heterocycles. The highest BCUT2D eigenvalue weighted by atomic mass is 15.1. The Kier molecular flexibility index (Phi) is 3.70. The first-order valence-electron chi connectivity index (χ1n) is 5.85. The zero-order chi connectivity index (χ0) is 11.2. The molecule has 0 atom stereocenters. The molecule has 0 aliphatic heterocycles. The third-order valence-electron chi connectivity index (χ3n) is 2.66. The van der Waals surface area contributed by atoms with Crippen LogP contribution < -0.4 is 0 Å². The molecule has 0 aliphatic carbocycles. The number of aromatic amines is 1. The van der Waals surface area contributed by atoms with Gasteiger partial charge >= 0.3 is 0 Å². The molecule has 16 heavy (non-hydrogen) atoms. The third-order valence-corrected chi connectivity index (χ3v) is 2.66. The molecule has 1 N–H and O–H groups in total. The predicted molar refractivity (Wildman–Crippen MR) is 65.0 cm³/mol. The molecular weight excluding hydrogens is 198 g/mol. The summed E-state index contributed by atoms with van der Waals surface area (Å²) in [5.41, 5.74) is 3.35. The van der Waals surface area contributed by atoms with Crippen LogP contribution in [0.2, 0.25) is 0 Å².